The molecule has 2 amide bonds. The number of carbonyl (C=O) groups excluding carboxylic acids is 2. The van der Waals surface area contributed by atoms with Crippen molar-refractivity contribution in [2.75, 3.05) is 4.90 Å². The molecule has 0 bridgehead atoms. The molecule has 4 rings (SSSR count). The van der Waals surface area contributed by atoms with Crippen molar-refractivity contribution in [3.8, 4) is 5.75 Å². The van der Waals surface area contributed by atoms with Crippen LogP contribution < -0.4 is 4.90 Å². The van der Waals surface area contributed by atoms with Crippen molar-refractivity contribution < 1.29 is 14.7 Å². The Kier molecular flexibility index (Phi) is 3.35. The standard InChI is InChI=1S/C21H17NO3/c1-12(2)13-6-3-4-9-17(13)22-20(24)15-8-5-7-14-18(23)11-10-16(19(14)15)21(22)25/h3-12,23H,1-2H3. The number of carbonyl (C=O) groups is 2. The van der Waals surface area contributed by atoms with Gasteiger partial charge in [0, 0.05) is 21.9 Å². The molecular weight excluding hydrogens is 314 g/mol. The number of hydrogen-bond acceptors (Lipinski definition) is 3. The molecule has 4 nitrogen and oxygen atoms in total. The smallest absolute Gasteiger partial charge is 0.265 e. The third-order valence-electron chi connectivity index (χ3n) is 4.68. The Morgan fingerprint density at radius 3 is 2.24 bits per heavy atom. The minimum absolute atomic E-state index is 0.0669. The summed E-state index contributed by atoms with van der Waals surface area (Å²) in [5.41, 5.74) is 2.42. The van der Waals surface area contributed by atoms with Gasteiger partial charge in [-0.05, 0) is 35.7 Å². The van der Waals surface area contributed by atoms with Crippen molar-refractivity contribution in [3.63, 3.8) is 0 Å². The monoisotopic (exact) mass is 331 g/mol. The van der Waals surface area contributed by atoms with E-state index >= 15 is 0 Å². The van der Waals surface area contributed by atoms with Crippen LogP contribution in [0, 0.1) is 0 Å². The summed E-state index contributed by atoms with van der Waals surface area (Å²) in [7, 11) is 0. The first-order valence-electron chi connectivity index (χ1n) is 8.23. The van der Waals surface area contributed by atoms with Crippen LogP contribution in [0.4, 0.5) is 5.69 Å². The molecule has 0 radical (unpaired) electrons. The van der Waals surface area contributed by atoms with Crippen molar-refractivity contribution in [1.82, 2.24) is 0 Å². The summed E-state index contributed by atoms with van der Waals surface area (Å²) in [6.45, 7) is 4.06. The largest absolute Gasteiger partial charge is 0.507 e. The van der Waals surface area contributed by atoms with Crippen LogP contribution in [-0.4, -0.2) is 16.9 Å². The molecule has 1 heterocycles. The van der Waals surface area contributed by atoms with Gasteiger partial charge in [0.1, 0.15) is 5.75 Å². The molecule has 0 atom stereocenters. The predicted molar refractivity (Wildman–Crippen MR) is 97.3 cm³/mol. The third kappa shape index (κ3) is 2.14. The number of nitrogens with zero attached hydrogens (tertiary/aromatic N) is 1. The first-order valence-corrected chi connectivity index (χ1v) is 8.23. The number of phenols is 1. The molecule has 0 spiro atoms. The number of phenolic OH excluding ortho intramolecular Hbond substituents is 1. The zero-order chi connectivity index (χ0) is 17.7. The second-order valence-corrected chi connectivity index (χ2v) is 6.52. The quantitative estimate of drug-likeness (QED) is 0.705. The van der Waals surface area contributed by atoms with E-state index in [1.54, 1.807) is 30.3 Å². The summed E-state index contributed by atoms with van der Waals surface area (Å²) in [4.78, 5) is 27.5. The molecule has 0 fully saturated rings. The number of imide groups is 1. The highest BCUT2D eigenvalue weighted by atomic mass is 16.3. The molecule has 3 aromatic carbocycles. The molecule has 0 unspecified atom stereocenters. The molecule has 124 valence electrons. The Morgan fingerprint density at radius 1 is 0.840 bits per heavy atom. The fourth-order valence-electron chi connectivity index (χ4n) is 3.48. The van der Waals surface area contributed by atoms with Crippen LogP contribution in [0.25, 0.3) is 10.8 Å². The average molecular weight is 331 g/mol. The van der Waals surface area contributed by atoms with Crippen molar-refractivity contribution >= 4 is 28.3 Å². The lowest BCUT2D eigenvalue weighted by Crippen LogP contribution is -2.41. The van der Waals surface area contributed by atoms with E-state index in [4.69, 9.17) is 0 Å². The van der Waals surface area contributed by atoms with Gasteiger partial charge in [-0.1, -0.05) is 44.2 Å². The van der Waals surface area contributed by atoms with Crippen LogP contribution in [0.3, 0.4) is 0 Å². The van der Waals surface area contributed by atoms with Crippen LogP contribution in [0.2, 0.25) is 0 Å². The van der Waals surface area contributed by atoms with Crippen LogP contribution >= 0.6 is 0 Å². The zero-order valence-electron chi connectivity index (χ0n) is 14.0. The number of rotatable bonds is 2. The van der Waals surface area contributed by atoms with E-state index in [0.29, 0.717) is 27.6 Å². The summed E-state index contributed by atoms with van der Waals surface area (Å²) in [6, 6.07) is 15.7. The molecule has 1 N–H and O–H groups in total. The van der Waals surface area contributed by atoms with Gasteiger partial charge >= 0.3 is 0 Å². The second kappa shape index (κ2) is 5.45. The van der Waals surface area contributed by atoms with Gasteiger partial charge < -0.3 is 5.11 Å². The Balaban J connectivity index is 2.00. The van der Waals surface area contributed by atoms with E-state index in [9.17, 15) is 14.7 Å². The average Bonchev–Trinajstić information content (AvgIpc) is 2.61. The van der Waals surface area contributed by atoms with E-state index in [-0.39, 0.29) is 23.5 Å². The van der Waals surface area contributed by atoms with Crippen molar-refractivity contribution in [3.05, 3.63) is 71.3 Å². The number of hydrogen-bond donors (Lipinski definition) is 1. The van der Waals surface area contributed by atoms with Gasteiger partial charge in [-0.15, -0.1) is 0 Å². The lowest BCUT2D eigenvalue weighted by Gasteiger charge is -2.29. The number of aromatic hydroxyl groups is 1. The Hall–Kier alpha value is -3.14. The van der Waals surface area contributed by atoms with Gasteiger partial charge in [0.05, 0.1) is 5.69 Å². The van der Waals surface area contributed by atoms with Crippen LogP contribution in [0.5, 0.6) is 5.75 Å². The summed E-state index contributed by atoms with van der Waals surface area (Å²) in [6.07, 6.45) is 0. The van der Waals surface area contributed by atoms with Crippen molar-refractivity contribution in [2.45, 2.75) is 19.8 Å². The number of benzene rings is 3. The van der Waals surface area contributed by atoms with Gasteiger partial charge in [0.15, 0.2) is 0 Å². The fraction of sp³-hybridized carbons (Fsp3) is 0.143. The topological polar surface area (TPSA) is 57.6 Å². The summed E-state index contributed by atoms with van der Waals surface area (Å²) in [5, 5.41) is 11.1. The zero-order valence-corrected chi connectivity index (χ0v) is 14.0. The lowest BCUT2D eigenvalue weighted by atomic mass is 9.92. The first kappa shape index (κ1) is 15.4. The highest BCUT2D eigenvalue weighted by Gasteiger charge is 2.35. The maximum Gasteiger partial charge on any atom is 0.265 e. The molecule has 0 saturated heterocycles. The SMILES string of the molecule is CC(C)c1ccccc1N1C(=O)c2cccc3c(O)ccc(c23)C1=O. The summed E-state index contributed by atoms with van der Waals surface area (Å²) in [5.74, 6) is -0.477. The molecule has 0 aliphatic carbocycles. The van der Waals surface area contributed by atoms with Gasteiger partial charge in [-0.25, -0.2) is 4.90 Å². The van der Waals surface area contributed by atoms with Crippen LogP contribution in [0.15, 0.2) is 54.6 Å². The molecule has 1 aliphatic heterocycles. The second-order valence-electron chi connectivity index (χ2n) is 6.52. The van der Waals surface area contributed by atoms with Crippen LogP contribution in [0.1, 0.15) is 46.0 Å². The predicted octanol–water partition coefficient (Wildman–Crippen LogP) is 4.47. The Morgan fingerprint density at radius 2 is 1.52 bits per heavy atom. The lowest BCUT2D eigenvalue weighted by molar-refractivity contribution is 0.0893. The maximum atomic E-state index is 13.1. The van der Waals surface area contributed by atoms with E-state index in [2.05, 4.69) is 0 Å². The Labute approximate surface area is 145 Å². The molecule has 3 aromatic rings. The van der Waals surface area contributed by atoms with Gasteiger partial charge in [0.2, 0.25) is 0 Å². The highest BCUT2D eigenvalue weighted by Crippen LogP contribution is 2.38. The molecule has 0 saturated carbocycles. The van der Waals surface area contributed by atoms with Gasteiger partial charge in [-0.2, -0.15) is 0 Å². The summed E-state index contributed by atoms with van der Waals surface area (Å²) >= 11 is 0. The minimum atomic E-state index is -0.359. The minimum Gasteiger partial charge on any atom is -0.507 e. The number of para-hydroxylation sites is 1. The molecule has 0 aromatic heterocycles. The molecule has 1 aliphatic rings. The third-order valence-corrected chi connectivity index (χ3v) is 4.68. The molecule has 25 heavy (non-hydrogen) atoms. The van der Waals surface area contributed by atoms with E-state index < -0.39 is 0 Å². The fourth-order valence-corrected chi connectivity index (χ4v) is 3.48. The normalized spacial score (nSPS) is 13.8. The summed E-state index contributed by atoms with van der Waals surface area (Å²) < 4.78 is 0. The number of amides is 2. The van der Waals surface area contributed by atoms with E-state index in [1.165, 1.54) is 11.0 Å². The van der Waals surface area contributed by atoms with Crippen molar-refractivity contribution in [2.24, 2.45) is 0 Å². The van der Waals surface area contributed by atoms with Gasteiger partial charge in [0.25, 0.3) is 11.8 Å². The maximum absolute atomic E-state index is 13.1. The van der Waals surface area contributed by atoms with E-state index in [1.807, 2.05) is 32.0 Å². The first-order chi connectivity index (χ1) is 12.0. The highest BCUT2D eigenvalue weighted by molar-refractivity contribution is 6.36. The van der Waals surface area contributed by atoms with Crippen molar-refractivity contribution in [1.29, 1.82) is 0 Å². The molecular formula is C21H17NO3. The van der Waals surface area contributed by atoms with Gasteiger partial charge in [-0.3, -0.25) is 9.59 Å². The number of anilines is 1. The van der Waals surface area contributed by atoms with Crippen LogP contribution in [-0.2, 0) is 0 Å². The van der Waals surface area contributed by atoms with E-state index in [0.717, 1.165) is 5.56 Å². The molecule has 4 heteroatoms. The Bertz CT molecular complexity index is 1010.